The van der Waals surface area contributed by atoms with Gasteiger partial charge in [0.1, 0.15) is 16.5 Å². The van der Waals surface area contributed by atoms with Crippen LogP contribution in [0.2, 0.25) is 0 Å². The van der Waals surface area contributed by atoms with Crippen molar-refractivity contribution < 1.29 is 4.74 Å². The summed E-state index contributed by atoms with van der Waals surface area (Å²) in [5, 5.41) is 10.0. The van der Waals surface area contributed by atoms with Gasteiger partial charge in [0, 0.05) is 16.9 Å². The largest absolute Gasteiger partial charge is 0.497 e. The van der Waals surface area contributed by atoms with Crippen molar-refractivity contribution in [1.29, 1.82) is 0 Å². The van der Waals surface area contributed by atoms with Crippen LogP contribution in [0.3, 0.4) is 0 Å². The SMILES string of the molecule is COc1ccc(-c2nnn(CCc3ccccc3)c2SSC(C)(C)C)cc1. The maximum absolute atomic E-state index is 5.27. The van der Waals surface area contributed by atoms with Gasteiger partial charge in [-0.25, -0.2) is 4.68 Å². The van der Waals surface area contributed by atoms with E-state index in [2.05, 4.69) is 55.3 Å². The van der Waals surface area contributed by atoms with E-state index in [9.17, 15) is 0 Å². The van der Waals surface area contributed by atoms with E-state index in [1.807, 2.05) is 45.8 Å². The zero-order valence-electron chi connectivity index (χ0n) is 16.2. The number of methoxy groups -OCH3 is 1. The molecule has 0 saturated heterocycles. The van der Waals surface area contributed by atoms with Gasteiger partial charge in [-0.05, 0) is 47.0 Å². The second-order valence-electron chi connectivity index (χ2n) is 7.21. The highest BCUT2D eigenvalue weighted by Gasteiger charge is 2.20. The van der Waals surface area contributed by atoms with Crippen molar-refractivity contribution >= 4 is 21.6 Å². The summed E-state index contributed by atoms with van der Waals surface area (Å²) in [5.41, 5.74) is 3.28. The molecule has 0 atom stereocenters. The van der Waals surface area contributed by atoms with E-state index < -0.39 is 0 Å². The third-order valence-corrected chi connectivity index (χ3v) is 7.25. The molecule has 0 radical (unpaired) electrons. The monoisotopic (exact) mass is 399 g/mol. The molecule has 0 spiro atoms. The number of nitrogens with zero attached hydrogens (tertiary/aromatic N) is 3. The van der Waals surface area contributed by atoms with Gasteiger partial charge in [-0.1, -0.05) is 67.1 Å². The lowest BCUT2D eigenvalue weighted by Gasteiger charge is -2.17. The molecule has 6 heteroatoms. The first-order chi connectivity index (χ1) is 13.0. The highest BCUT2D eigenvalue weighted by molar-refractivity contribution is 8.77. The molecule has 0 saturated carbocycles. The third kappa shape index (κ3) is 5.53. The van der Waals surface area contributed by atoms with Gasteiger partial charge in [-0.3, -0.25) is 0 Å². The van der Waals surface area contributed by atoms with E-state index >= 15 is 0 Å². The van der Waals surface area contributed by atoms with Crippen molar-refractivity contribution in [3.8, 4) is 17.0 Å². The van der Waals surface area contributed by atoms with Crippen LogP contribution in [-0.2, 0) is 13.0 Å². The summed E-state index contributed by atoms with van der Waals surface area (Å²) in [4.78, 5) is 0. The third-order valence-electron chi connectivity index (χ3n) is 3.88. The fourth-order valence-corrected chi connectivity index (χ4v) is 4.77. The van der Waals surface area contributed by atoms with Crippen LogP contribution in [0.4, 0.5) is 0 Å². The molecule has 0 aliphatic carbocycles. The Hall–Kier alpha value is -1.92. The average Bonchev–Trinajstić information content (AvgIpc) is 3.08. The zero-order chi connectivity index (χ0) is 19.3. The molecule has 0 N–H and O–H groups in total. The molecule has 2 aromatic carbocycles. The number of aromatic nitrogens is 3. The van der Waals surface area contributed by atoms with Crippen LogP contribution in [0.5, 0.6) is 5.75 Å². The molecule has 1 heterocycles. The van der Waals surface area contributed by atoms with E-state index in [0.717, 1.165) is 35.0 Å². The molecule has 0 aliphatic rings. The summed E-state index contributed by atoms with van der Waals surface area (Å²) in [7, 11) is 5.26. The molecule has 3 aromatic rings. The van der Waals surface area contributed by atoms with Crippen molar-refractivity contribution in [3.63, 3.8) is 0 Å². The first kappa shape index (κ1) is 19.8. The van der Waals surface area contributed by atoms with Gasteiger partial charge in [-0.2, -0.15) is 0 Å². The summed E-state index contributed by atoms with van der Waals surface area (Å²) in [6.45, 7) is 7.46. The average molecular weight is 400 g/mol. The first-order valence-electron chi connectivity index (χ1n) is 8.94. The Labute approximate surface area is 169 Å². The summed E-state index contributed by atoms with van der Waals surface area (Å²) < 4.78 is 7.44. The maximum atomic E-state index is 5.27. The Kier molecular flexibility index (Phi) is 6.50. The van der Waals surface area contributed by atoms with Crippen LogP contribution in [0.1, 0.15) is 26.3 Å². The first-order valence-corrected chi connectivity index (χ1v) is 11.1. The molecule has 1 aromatic heterocycles. The predicted molar refractivity (Wildman–Crippen MR) is 115 cm³/mol. The van der Waals surface area contributed by atoms with Gasteiger partial charge >= 0.3 is 0 Å². The van der Waals surface area contributed by atoms with Gasteiger partial charge in [0.25, 0.3) is 0 Å². The van der Waals surface area contributed by atoms with E-state index in [0.29, 0.717) is 0 Å². The standard InChI is InChI=1S/C21H25N3OS2/c1-21(2,3)27-26-20-19(17-10-12-18(25-4)13-11-17)22-23-24(20)15-14-16-8-6-5-7-9-16/h5-13H,14-15H2,1-4H3. The Bertz CT molecular complexity index is 855. The molecule has 27 heavy (non-hydrogen) atoms. The molecule has 4 nitrogen and oxygen atoms in total. The van der Waals surface area contributed by atoms with Gasteiger partial charge in [0.05, 0.1) is 7.11 Å². The molecule has 3 rings (SSSR count). The number of hydrogen-bond donors (Lipinski definition) is 0. The highest BCUT2D eigenvalue weighted by Crippen LogP contribution is 2.43. The van der Waals surface area contributed by atoms with Gasteiger partial charge in [-0.15, -0.1) is 5.10 Å². The van der Waals surface area contributed by atoms with Crippen LogP contribution in [0.15, 0.2) is 59.6 Å². The van der Waals surface area contributed by atoms with Crippen LogP contribution in [0.25, 0.3) is 11.3 Å². The number of aryl methyl sites for hydroxylation is 2. The van der Waals surface area contributed by atoms with E-state index in [1.54, 1.807) is 17.9 Å². The zero-order valence-corrected chi connectivity index (χ0v) is 17.8. The smallest absolute Gasteiger partial charge is 0.133 e. The second kappa shape index (κ2) is 8.85. The number of benzene rings is 2. The minimum atomic E-state index is 0.149. The van der Waals surface area contributed by atoms with Crippen LogP contribution in [-0.4, -0.2) is 26.9 Å². The quantitative estimate of drug-likeness (QED) is 0.474. The topological polar surface area (TPSA) is 39.9 Å². The summed E-state index contributed by atoms with van der Waals surface area (Å²) in [6.07, 6.45) is 0.931. The molecular formula is C21H25N3OS2. The summed E-state index contributed by atoms with van der Waals surface area (Å²) in [6, 6.07) is 18.5. The number of hydrogen-bond acceptors (Lipinski definition) is 5. The Morgan fingerprint density at radius 1 is 1.00 bits per heavy atom. The molecule has 142 valence electrons. The highest BCUT2D eigenvalue weighted by atomic mass is 33.1. The molecule has 0 aliphatic heterocycles. The van der Waals surface area contributed by atoms with Gasteiger partial charge in [0.2, 0.25) is 0 Å². The molecule has 0 amide bonds. The Balaban J connectivity index is 1.86. The lowest BCUT2D eigenvalue weighted by molar-refractivity contribution is 0.415. The fourth-order valence-electron chi connectivity index (χ4n) is 2.51. The normalized spacial score (nSPS) is 11.6. The molecule has 0 unspecified atom stereocenters. The Morgan fingerprint density at radius 2 is 1.70 bits per heavy atom. The number of ether oxygens (including phenoxy) is 1. The van der Waals surface area contributed by atoms with Crippen LogP contribution < -0.4 is 4.74 Å². The van der Waals surface area contributed by atoms with Crippen LogP contribution in [0, 0.1) is 0 Å². The predicted octanol–water partition coefficient (Wildman–Crippen LogP) is 5.74. The van der Waals surface area contributed by atoms with Crippen molar-refractivity contribution in [2.45, 2.75) is 43.5 Å². The van der Waals surface area contributed by atoms with Gasteiger partial charge < -0.3 is 4.74 Å². The summed E-state index contributed by atoms with van der Waals surface area (Å²) >= 11 is 0. The van der Waals surface area contributed by atoms with Crippen molar-refractivity contribution in [3.05, 3.63) is 60.2 Å². The van der Waals surface area contributed by atoms with E-state index in [-0.39, 0.29) is 4.75 Å². The molecular weight excluding hydrogens is 374 g/mol. The van der Waals surface area contributed by atoms with E-state index in [1.165, 1.54) is 5.56 Å². The van der Waals surface area contributed by atoms with E-state index in [4.69, 9.17) is 4.74 Å². The number of rotatable bonds is 7. The summed E-state index contributed by atoms with van der Waals surface area (Å²) in [5.74, 6) is 0.841. The second-order valence-corrected chi connectivity index (χ2v) is 10.2. The van der Waals surface area contributed by atoms with Crippen molar-refractivity contribution in [2.75, 3.05) is 7.11 Å². The minimum Gasteiger partial charge on any atom is -0.497 e. The lowest BCUT2D eigenvalue weighted by Crippen LogP contribution is -2.07. The van der Waals surface area contributed by atoms with Crippen LogP contribution >= 0.6 is 21.6 Å². The fraction of sp³-hybridized carbons (Fsp3) is 0.333. The Morgan fingerprint density at radius 3 is 2.33 bits per heavy atom. The minimum absolute atomic E-state index is 0.149. The van der Waals surface area contributed by atoms with Crippen molar-refractivity contribution in [1.82, 2.24) is 15.0 Å². The molecule has 0 bridgehead atoms. The molecule has 0 fully saturated rings. The van der Waals surface area contributed by atoms with Gasteiger partial charge in [0.15, 0.2) is 0 Å². The lowest BCUT2D eigenvalue weighted by atomic mass is 10.1. The maximum Gasteiger partial charge on any atom is 0.133 e. The van der Waals surface area contributed by atoms with Crippen molar-refractivity contribution in [2.24, 2.45) is 0 Å².